The topological polar surface area (TPSA) is 63.4 Å². The first-order valence-corrected chi connectivity index (χ1v) is 8.00. The lowest BCUT2D eigenvalue weighted by atomic mass is 9.96. The highest BCUT2D eigenvalue weighted by Crippen LogP contribution is 2.19. The van der Waals surface area contributed by atoms with E-state index in [1.54, 1.807) is 29.2 Å². The maximum atomic E-state index is 13.1. The van der Waals surface area contributed by atoms with Gasteiger partial charge >= 0.3 is 0 Å². The molecule has 1 aliphatic heterocycles. The van der Waals surface area contributed by atoms with Crippen LogP contribution in [0.4, 0.5) is 4.39 Å². The minimum absolute atomic E-state index is 0. The van der Waals surface area contributed by atoms with Crippen LogP contribution in [0.2, 0.25) is 0 Å². The number of hydrogen-bond acceptors (Lipinski definition) is 3. The first-order valence-electron chi connectivity index (χ1n) is 8.00. The molecule has 0 spiro atoms. The van der Waals surface area contributed by atoms with Crippen molar-refractivity contribution in [3.05, 3.63) is 71.0 Å². The third-order valence-electron chi connectivity index (χ3n) is 4.25. The number of piperidine rings is 1. The summed E-state index contributed by atoms with van der Waals surface area (Å²) in [6.45, 7) is 1.14. The Bertz CT molecular complexity index is 764. The van der Waals surface area contributed by atoms with E-state index in [-0.39, 0.29) is 30.1 Å². The minimum Gasteiger partial charge on any atom is -0.337 e. The number of likely N-dealkylation sites (tertiary alicyclic amines) is 1. The second-order valence-electron chi connectivity index (χ2n) is 6.04. The van der Waals surface area contributed by atoms with Crippen LogP contribution >= 0.6 is 12.4 Å². The summed E-state index contributed by atoms with van der Waals surface area (Å²) in [4.78, 5) is 27.2. The Labute approximate surface area is 152 Å². The normalized spacial score (nSPS) is 16.9. The van der Waals surface area contributed by atoms with Crippen molar-refractivity contribution in [2.45, 2.75) is 18.9 Å². The SMILES string of the molecule is Cl.NC1CCCN(C(=O)c2ccccc2C(=O)c2ccc(F)cc2)C1. The fourth-order valence-electron chi connectivity index (χ4n) is 2.99. The molecular formula is C19H20ClFN2O2. The van der Waals surface area contributed by atoms with E-state index in [1.807, 2.05) is 0 Å². The van der Waals surface area contributed by atoms with Crippen LogP contribution in [-0.4, -0.2) is 35.7 Å². The molecule has 2 N–H and O–H groups in total. The van der Waals surface area contributed by atoms with Gasteiger partial charge in [0.15, 0.2) is 5.78 Å². The second-order valence-corrected chi connectivity index (χ2v) is 6.04. The fourth-order valence-corrected chi connectivity index (χ4v) is 2.99. The Morgan fingerprint density at radius 1 is 1.04 bits per heavy atom. The third kappa shape index (κ3) is 4.24. The summed E-state index contributed by atoms with van der Waals surface area (Å²) in [5.74, 6) is -0.880. The number of carbonyl (C=O) groups excluding carboxylic acids is 2. The molecule has 1 fully saturated rings. The van der Waals surface area contributed by atoms with Crippen LogP contribution in [0.5, 0.6) is 0 Å². The zero-order valence-corrected chi connectivity index (χ0v) is 14.5. The molecule has 132 valence electrons. The van der Waals surface area contributed by atoms with Gasteiger partial charge in [0.1, 0.15) is 5.82 Å². The highest BCUT2D eigenvalue weighted by Gasteiger charge is 2.25. The first kappa shape index (κ1) is 19.1. The van der Waals surface area contributed by atoms with Crippen molar-refractivity contribution in [3.63, 3.8) is 0 Å². The Balaban J connectivity index is 0.00000225. The van der Waals surface area contributed by atoms with Crippen molar-refractivity contribution in [1.29, 1.82) is 0 Å². The van der Waals surface area contributed by atoms with Crippen molar-refractivity contribution in [2.75, 3.05) is 13.1 Å². The standard InChI is InChI=1S/C19H19FN2O2.ClH/c20-14-9-7-13(8-10-14)18(23)16-5-1-2-6-17(16)19(24)22-11-3-4-15(21)12-22;/h1-2,5-10,15H,3-4,11-12,21H2;1H. The van der Waals surface area contributed by atoms with Gasteiger partial charge in [-0.25, -0.2) is 4.39 Å². The molecule has 1 atom stereocenters. The van der Waals surface area contributed by atoms with Crippen LogP contribution in [0.15, 0.2) is 48.5 Å². The van der Waals surface area contributed by atoms with Gasteiger partial charge in [-0.15, -0.1) is 12.4 Å². The van der Waals surface area contributed by atoms with Crippen molar-refractivity contribution >= 4 is 24.1 Å². The maximum Gasteiger partial charge on any atom is 0.254 e. The molecule has 4 nitrogen and oxygen atoms in total. The van der Waals surface area contributed by atoms with Crippen LogP contribution in [0.3, 0.4) is 0 Å². The van der Waals surface area contributed by atoms with Crippen LogP contribution in [0, 0.1) is 5.82 Å². The van der Waals surface area contributed by atoms with E-state index >= 15 is 0 Å². The predicted octanol–water partition coefficient (Wildman–Crippen LogP) is 3.04. The number of carbonyl (C=O) groups is 2. The van der Waals surface area contributed by atoms with Crippen molar-refractivity contribution < 1.29 is 14.0 Å². The molecule has 3 rings (SSSR count). The zero-order chi connectivity index (χ0) is 17.1. The average Bonchev–Trinajstić information content (AvgIpc) is 2.61. The Morgan fingerprint density at radius 3 is 2.32 bits per heavy atom. The Morgan fingerprint density at radius 2 is 1.68 bits per heavy atom. The van der Waals surface area contributed by atoms with Gasteiger partial charge in [-0.2, -0.15) is 0 Å². The van der Waals surface area contributed by atoms with Gasteiger partial charge in [0, 0.05) is 30.3 Å². The highest BCUT2D eigenvalue weighted by molar-refractivity contribution is 6.15. The number of rotatable bonds is 3. The molecule has 0 aromatic heterocycles. The van der Waals surface area contributed by atoms with Crippen LogP contribution in [0.25, 0.3) is 0 Å². The summed E-state index contributed by atoms with van der Waals surface area (Å²) in [5.41, 5.74) is 6.99. The van der Waals surface area contributed by atoms with E-state index in [4.69, 9.17) is 5.73 Å². The van der Waals surface area contributed by atoms with Crippen molar-refractivity contribution in [3.8, 4) is 0 Å². The number of amides is 1. The molecule has 0 saturated carbocycles. The van der Waals surface area contributed by atoms with Gasteiger partial charge in [-0.1, -0.05) is 18.2 Å². The fraction of sp³-hybridized carbons (Fsp3) is 0.263. The molecule has 1 heterocycles. The van der Waals surface area contributed by atoms with E-state index in [9.17, 15) is 14.0 Å². The summed E-state index contributed by atoms with van der Waals surface area (Å²) >= 11 is 0. The molecule has 2 aromatic rings. The molecule has 6 heteroatoms. The maximum absolute atomic E-state index is 13.1. The summed E-state index contributed by atoms with van der Waals surface area (Å²) < 4.78 is 13.1. The van der Waals surface area contributed by atoms with Gasteiger partial charge < -0.3 is 10.6 Å². The number of hydrogen-bond donors (Lipinski definition) is 1. The average molecular weight is 363 g/mol. The molecule has 1 saturated heterocycles. The number of nitrogens with zero attached hydrogens (tertiary/aromatic N) is 1. The molecular weight excluding hydrogens is 343 g/mol. The van der Waals surface area contributed by atoms with Crippen LogP contribution < -0.4 is 5.73 Å². The lowest BCUT2D eigenvalue weighted by molar-refractivity contribution is 0.0705. The summed E-state index contributed by atoms with van der Waals surface area (Å²) in [7, 11) is 0. The van der Waals surface area contributed by atoms with Crippen molar-refractivity contribution in [1.82, 2.24) is 4.90 Å². The molecule has 0 bridgehead atoms. The Kier molecular flexibility index (Phi) is 6.28. The van der Waals surface area contributed by atoms with E-state index in [0.29, 0.717) is 29.8 Å². The van der Waals surface area contributed by atoms with E-state index < -0.39 is 5.82 Å². The number of halogens is 2. The number of ketones is 1. The first-order chi connectivity index (χ1) is 11.6. The van der Waals surface area contributed by atoms with E-state index in [1.165, 1.54) is 24.3 Å². The molecule has 1 amide bonds. The van der Waals surface area contributed by atoms with Gasteiger partial charge in [0.05, 0.1) is 5.56 Å². The van der Waals surface area contributed by atoms with Gasteiger partial charge in [0.25, 0.3) is 5.91 Å². The summed E-state index contributed by atoms with van der Waals surface area (Å²) in [6.07, 6.45) is 1.76. The predicted molar refractivity (Wildman–Crippen MR) is 96.6 cm³/mol. The lowest BCUT2D eigenvalue weighted by Crippen LogP contribution is -2.46. The van der Waals surface area contributed by atoms with Crippen LogP contribution in [0.1, 0.15) is 39.1 Å². The number of benzene rings is 2. The smallest absolute Gasteiger partial charge is 0.254 e. The summed E-state index contributed by atoms with van der Waals surface area (Å²) in [6, 6.07) is 12.0. The largest absolute Gasteiger partial charge is 0.337 e. The molecule has 1 unspecified atom stereocenters. The quantitative estimate of drug-likeness (QED) is 0.853. The zero-order valence-electron chi connectivity index (χ0n) is 13.7. The lowest BCUT2D eigenvalue weighted by Gasteiger charge is -2.31. The van der Waals surface area contributed by atoms with E-state index in [2.05, 4.69) is 0 Å². The third-order valence-corrected chi connectivity index (χ3v) is 4.25. The number of nitrogens with two attached hydrogens (primary N) is 1. The van der Waals surface area contributed by atoms with Crippen molar-refractivity contribution in [2.24, 2.45) is 5.73 Å². The highest BCUT2D eigenvalue weighted by atomic mass is 35.5. The van der Waals surface area contributed by atoms with E-state index in [0.717, 1.165) is 12.8 Å². The summed E-state index contributed by atoms with van der Waals surface area (Å²) in [5, 5.41) is 0. The molecule has 25 heavy (non-hydrogen) atoms. The molecule has 1 aliphatic rings. The second kappa shape index (κ2) is 8.23. The van der Waals surface area contributed by atoms with Gasteiger partial charge in [0.2, 0.25) is 0 Å². The molecule has 2 aromatic carbocycles. The molecule has 0 radical (unpaired) electrons. The van der Waals surface area contributed by atoms with Gasteiger partial charge in [-0.3, -0.25) is 9.59 Å². The monoisotopic (exact) mass is 362 g/mol. The minimum atomic E-state index is -0.404. The van der Waals surface area contributed by atoms with Crippen LogP contribution in [-0.2, 0) is 0 Å². The Hall–Kier alpha value is -2.24. The molecule has 0 aliphatic carbocycles. The van der Waals surface area contributed by atoms with Gasteiger partial charge in [-0.05, 0) is 43.2 Å².